The highest BCUT2D eigenvalue weighted by Gasteiger charge is 2.14. The van der Waals surface area contributed by atoms with Crippen molar-refractivity contribution in [2.75, 3.05) is 0 Å². The fourth-order valence-corrected chi connectivity index (χ4v) is 4.54. The Morgan fingerprint density at radius 3 is 2.48 bits per heavy atom. The normalized spacial score (nSPS) is 11.2. The Bertz CT molecular complexity index is 1290. The first-order chi connectivity index (χ1) is 16.3. The fraction of sp³-hybridized carbons (Fsp3) is 0.240. The van der Waals surface area contributed by atoms with Crippen LogP contribution >= 0.6 is 11.3 Å². The minimum absolute atomic E-state index is 0.593. The molecule has 8 heteroatoms. The third-order valence-electron chi connectivity index (χ3n) is 5.64. The summed E-state index contributed by atoms with van der Waals surface area (Å²) in [5.74, 6) is 2.46. The molecule has 2 aromatic carbocycles. The number of thiophene rings is 1. The van der Waals surface area contributed by atoms with Crippen molar-refractivity contribution in [3.8, 4) is 33.9 Å². The monoisotopic (exact) mass is 455 g/mol. The lowest BCUT2D eigenvalue weighted by Crippen LogP contribution is -2.07. The summed E-state index contributed by atoms with van der Waals surface area (Å²) in [5.41, 5.74) is 5.41. The van der Waals surface area contributed by atoms with Gasteiger partial charge >= 0.3 is 0 Å². The highest BCUT2D eigenvalue weighted by atomic mass is 32.1. The van der Waals surface area contributed by atoms with Gasteiger partial charge in [0, 0.05) is 22.9 Å². The number of nitrogens with one attached hydrogen (secondary N) is 1. The molecule has 0 spiro atoms. The molecule has 0 fully saturated rings. The summed E-state index contributed by atoms with van der Waals surface area (Å²) in [7, 11) is 0. The summed E-state index contributed by atoms with van der Waals surface area (Å²) >= 11 is 1.67. The summed E-state index contributed by atoms with van der Waals surface area (Å²) in [6, 6.07) is 18.8. The minimum Gasteiger partial charge on any atom is -0.245 e. The van der Waals surface area contributed by atoms with Gasteiger partial charge in [-0.15, -0.1) is 10.2 Å². The zero-order valence-corrected chi connectivity index (χ0v) is 19.3. The van der Waals surface area contributed by atoms with Crippen LogP contribution in [0.3, 0.4) is 0 Å². The van der Waals surface area contributed by atoms with Crippen LogP contribution in [0.25, 0.3) is 33.9 Å². The van der Waals surface area contributed by atoms with E-state index < -0.39 is 0 Å². The molecule has 0 radical (unpaired) electrons. The van der Waals surface area contributed by atoms with Gasteiger partial charge in [-0.05, 0) is 39.8 Å². The maximum atomic E-state index is 4.86. The van der Waals surface area contributed by atoms with Crippen molar-refractivity contribution in [2.24, 2.45) is 0 Å². The third-order valence-corrected chi connectivity index (χ3v) is 6.33. The SMILES string of the molecule is CCCCCc1nc(-c2ccsc2)nn1Cc1ccc(-c2ccccc2-c2nn[nH]n2)cc1. The largest absolute Gasteiger partial charge is 0.245 e. The molecule has 3 aromatic heterocycles. The van der Waals surface area contributed by atoms with E-state index in [9.17, 15) is 0 Å². The minimum atomic E-state index is 0.593. The Kier molecular flexibility index (Phi) is 6.34. The summed E-state index contributed by atoms with van der Waals surface area (Å²) in [5, 5.41) is 23.5. The van der Waals surface area contributed by atoms with E-state index in [0.717, 1.165) is 46.7 Å². The number of hydrogen-bond donors (Lipinski definition) is 1. The second-order valence-corrected chi connectivity index (χ2v) is 8.74. The molecule has 166 valence electrons. The van der Waals surface area contributed by atoms with E-state index in [0.29, 0.717) is 12.4 Å². The van der Waals surface area contributed by atoms with Crippen molar-refractivity contribution in [1.82, 2.24) is 35.4 Å². The van der Waals surface area contributed by atoms with E-state index in [2.05, 4.69) is 79.4 Å². The molecule has 33 heavy (non-hydrogen) atoms. The molecule has 0 atom stereocenters. The van der Waals surface area contributed by atoms with Crippen LogP contribution in [0.4, 0.5) is 0 Å². The molecule has 5 rings (SSSR count). The van der Waals surface area contributed by atoms with Crippen LogP contribution in [-0.2, 0) is 13.0 Å². The van der Waals surface area contributed by atoms with Crippen LogP contribution in [0.15, 0.2) is 65.4 Å². The lowest BCUT2D eigenvalue weighted by Gasteiger charge is -2.09. The average molecular weight is 456 g/mol. The molecule has 0 saturated carbocycles. The lowest BCUT2D eigenvalue weighted by atomic mass is 9.98. The third kappa shape index (κ3) is 4.75. The van der Waals surface area contributed by atoms with Gasteiger partial charge in [0.15, 0.2) is 5.82 Å². The van der Waals surface area contributed by atoms with Gasteiger partial charge in [0.2, 0.25) is 5.82 Å². The molecule has 7 nitrogen and oxygen atoms in total. The van der Waals surface area contributed by atoms with Crippen LogP contribution in [0, 0.1) is 0 Å². The zero-order valence-electron chi connectivity index (χ0n) is 18.5. The number of benzene rings is 2. The molecule has 1 N–H and O–H groups in total. The van der Waals surface area contributed by atoms with E-state index in [-0.39, 0.29) is 0 Å². The van der Waals surface area contributed by atoms with E-state index >= 15 is 0 Å². The zero-order chi connectivity index (χ0) is 22.5. The number of aromatic amines is 1. The molecule has 0 saturated heterocycles. The van der Waals surface area contributed by atoms with Gasteiger partial charge in [-0.3, -0.25) is 0 Å². The molecule has 0 aliphatic heterocycles. The Hall–Kier alpha value is -3.65. The highest BCUT2D eigenvalue weighted by molar-refractivity contribution is 7.08. The predicted octanol–water partition coefficient (Wildman–Crippen LogP) is 5.63. The number of rotatable bonds is 9. The predicted molar refractivity (Wildman–Crippen MR) is 131 cm³/mol. The first-order valence-electron chi connectivity index (χ1n) is 11.2. The topological polar surface area (TPSA) is 85.2 Å². The van der Waals surface area contributed by atoms with Gasteiger partial charge in [-0.1, -0.05) is 68.3 Å². The second-order valence-electron chi connectivity index (χ2n) is 7.96. The number of nitrogens with zero attached hydrogens (tertiary/aromatic N) is 6. The average Bonchev–Trinajstić information content (AvgIpc) is 3.62. The summed E-state index contributed by atoms with van der Waals surface area (Å²) in [6.07, 6.45) is 4.47. The van der Waals surface area contributed by atoms with Crippen LogP contribution in [0.2, 0.25) is 0 Å². The summed E-state index contributed by atoms with van der Waals surface area (Å²) in [4.78, 5) is 4.86. The first-order valence-corrected chi connectivity index (χ1v) is 12.1. The fourth-order valence-electron chi connectivity index (χ4n) is 3.90. The van der Waals surface area contributed by atoms with Crippen molar-refractivity contribution in [3.63, 3.8) is 0 Å². The maximum Gasteiger partial charge on any atom is 0.205 e. The molecule has 3 heterocycles. The Morgan fingerprint density at radius 2 is 1.76 bits per heavy atom. The van der Waals surface area contributed by atoms with Gasteiger partial charge in [0.05, 0.1) is 6.54 Å². The number of H-pyrrole nitrogens is 1. The molecule has 0 unspecified atom stereocenters. The van der Waals surface area contributed by atoms with Gasteiger partial charge in [-0.2, -0.15) is 21.6 Å². The van der Waals surface area contributed by atoms with Crippen molar-refractivity contribution >= 4 is 11.3 Å². The molecule has 0 aliphatic carbocycles. The smallest absolute Gasteiger partial charge is 0.205 e. The van der Waals surface area contributed by atoms with Crippen molar-refractivity contribution in [3.05, 3.63) is 76.7 Å². The Labute approximate surface area is 196 Å². The van der Waals surface area contributed by atoms with Crippen LogP contribution in [-0.4, -0.2) is 35.4 Å². The highest BCUT2D eigenvalue weighted by Crippen LogP contribution is 2.30. The molecule has 0 bridgehead atoms. The standard InChI is InChI=1S/C25H25N7S/c1-2-3-4-9-23-26-24(20-14-15-33-17-20)29-32(23)16-18-10-12-19(13-11-18)21-7-5-6-8-22(21)25-27-30-31-28-25/h5-8,10-15,17H,2-4,9,16H2,1H3,(H,27,28,30,31). The molecule has 0 aliphatic rings. The molecule has 0 amide bonds. The quantitative estimate of drug-likeness (QED) is 0.291. The van der Waals surface area contributed by atoms with Crippen LogP contribution in [0.5, 0.6) is 0 Å². The maximum absolute atomic E-state index is 4.86. The van der Waals surface area contributed by atoms with Crippen LogP contribution < -0.4 is 0 Å². The van der Waals surface area contributed by atoms with Crippen molar-refractivity contribution in [1.29, 1.82) is 0 Å². The van der Waals surface area contributed by atoms with E-state index in [1.165, 1.54) is 18.4 Å². The molecule has 5 aromatic rings. The van der Waals surface area contributed by atoms with E-state index in [4.69, 9.17) is 10.1 Å². The Balaban J connectivity index is 1.40. The van der Waals surface area contributed by atoms with Gasteiger partial charge < -0.3 is 0 Å². The number of hydrogen-bond acceptors (Lipinski definition) is 6. The summed E-state index contributed by atoms with van der Waals surface area (Å²) < 4.78 is 2.06. The Morgan fingerprint density at radius 1 is 0.909 bits per heavy atom. The number of aromatic nitrogens is 7. The molecular weight excluding hydrogens is 430 g/mol. The molecular formula is C25H25N7S. The number of unbranched alkanes of at least 4 members (excludes halogenated alkanes) is 2. The van der Waals surface area contributed by atoms with Crippen molar-refractivity contribution < 1.29 is 0 Å². The number of aryl methyl sites for hydroxylation is 1. The second kappa shape index (κ2) is 9.87. The summed E-state index contributed by atoms with van der Waals surface area (Å²) in [6.45, 7) is 2.92. The van der Waals surface area contributed by atoms with E-state index in [1.54, 1.807) is 11.3 Å². The van der Waals surface area contributed by atoms with Crippen molar-refractivity contribution in [2.45, 2.75) is 39.2 Å². The van der Waals surface area contributed by atoms with Gasteiger partial charge in [-0.25, -0.2) is 9.67 Å². The van der Waals surface area contributed by atoms with E-state index in [1.807, 2.05) is 18.2 Å². The van der Waals surface area contributed by atoms with Crippen LogP contribution in [0.1, 0.15) is 37.6 Å². The first kappa shape index (κ1) is 21.2. The lowest BCUT2D eigenvalue weighted by molar-refractivity contribution is 0.607. The number of tetrazole rings is 1. The van der Waals surface area contributed by atoms with Gasteiger partial charge in [0.25, 0.3) is 0 Å². The van der Waals surface area contributed by atoms with Gasteiger partial charge in [0.1, 0.15) is 5.82 Å².